The molecular formula is C14H23N3O3S. The van der Waals surface area contributed by atoms with Crippen molar-refractivity contribution in [1.29, 1.82) is 0 Å². The van der Waals surface area contributed by atoms with Gasteiger partial charge in [0.15, 0.2) is 0 Å². The van der Waals surface area contributed by atoms with Crippen LogP contribution < -0.4 is 4.72 Å². The average Bonchev–Trinajstić information content (AvgIpc) is 2.43. The predicted octanol–water partition coefficient (Wildman–Crippen LogP) is 0.992. The predicted molar refractivity (Wildman–Crippen MR) is 82.9 cm³/mol. The van der Waals surface area contributed by atoms with Crippen molar-refractivity contribution in [2.75, 3.05) is 27.2 Å². The molecule has 1 N–H and O–H groups in total. The van der Waals surface area contributed by atoms with E-state index in [9.17, 15) is 13.2 Å². The molecule has 1 amide bonds. The van der Waals surface area contributed by atoms with Gasteiger partial charge in [-0.15, -0.1) is 0 Å². The first-order chi connectivity index (χ1) is 9.75. The number of carbonyl (C=O) groups excluding carboxylic acids is 1. The Morgan fingerprint density at radius 2 is 1.81 bits per heavy atom. The maximum Gasteiger partial charge on any atom is 0.278 e. The lowest BCUT2D eigenvalue weighted by Crippen LogP contribution is -2.42. The van der Waals surface area contributed by atoms with E-state index >= 15 is 0 Å². The van der Waals surface area contributed by atoms with Crippen LogP contribution in [0.4, 0.5) is 0 Å². The van der Waals surface area contributed by atoms with Crippen molar-refractivity contribution >= 4 is 16.1 Å². The van der Waals surface area contributed by atoms with Gasteiger partial charge in [0, 0.05) is 34.1 Å². The highest BCUT2D eigenvalue weighted by atomic mass is 32.2. The van der Waals surface area contributed by atoms with Crippen LogP contribution in [0.25, 0.3) is 0 Å². The van der Waals surface area contributed by atoms with Crippen molar-refractivity contribution in [2.24, 2.45) is 0 Å². The van der Waals surface area contributed by atoms with Crippen LogP contribution in [-0.4, -0.2) is 50.7 Å². The van der Waals surface area contributed by atoms with Crippen molar-refractivity contribution < 1.29 is 13.2 Å². The Morgan fingerprint density at radius 3 is 2.29 bits per heavy atom. The van der Waals surface area contributed by atoms with Gasteiger partial charge in [0.2, 0.25) is 5.91 Å². The number of benzene rings is 1. The van der Waals surface area contributed by atoms with E-state index in [1.165, 1.54) is 21.0 Å². The summed E-state index contributed by atoms with van der Waals surface area (Å²) in [6.45, 7) is 3.91. The molecule has 21 heavy (non-hydrogen) atoms. The number of nitrogens with zero attached hydrogens (tertiary/aromatic N) is 2. The van der Waals surface area contributed by atoms with Crippen molar-refractivity contribution in [2.45, 2.75) is 19.9 Å². The topological polar surface area (TPSA) is 69.7 Å². The second kappa shape index (κ2) is 7.53. The van der Waals surface area contributed by atoms with Crippen molar-refractivity contribution in [3.63, 3.8) is 0 Å². The van der Waals surface area contributed by atoms with E-state index in [-0.39, 0.29) is 18.5 Å². The standard InChI is InChI=1S/C14H23N3O3S/c1-12(14-8-6-5-7-9-14)17(13(2)18)11-10-15-21(19,20)16(3)4/h5-9,12,15H,10-11H2,1-4H3. The summed E-state index contributed by atoms with van der Waals surface area (Å²) in [5.74, 6) is -0.0876. The van der Waals surface area contributed by atoms with Gasteiger partial charge in [0.05, 0.1) is 6.04 Å². The van der Waals surface area contributed by atoms with Crippen LogP contribution >= 0.6 is 0 Å². The largest absolute Gasteiger partial charge is 0.335 e. The normalized spacial score (nSPS) is 13.2. The maximum atomic E-state index is 11.8. The molecule has 1 atom stereocenters. The van der Waals surface area contributed by atoms with Gasteiger partial charge >= 0.3 is 0 Å². The number of hydrogen-bond donors (Lipinski definition) is 1. The average molecular weight is 313 g/mol. The molecule has 0 aliphatic heterocycles. The molecule has 1 aromatic rings. The molecule has 6 nitrogen and oxygen atoms in total. The third kappa shape index (κ3) is 5.11. The molecule has 1 aromatic carbocycles. The third-order valence-corrected chi connectivity index (χ3v) is 4.80. The van der Waals surface area contributed by atoms with Crippen LogP contribution in [0.1, 0.15) is 25.5 Å². The molecule has 0 aliphatic carbocycles. The first kappa shape index (κ1) is 17.6. The van der Waals surface area contributed by atoms with E-state index in [0.29, 0.717) is 6.54 Å². The highest BCUT2D eigenvalue weighted by molar-refractivity contribution is 7.87. The van der Waals surface area contributed by atoms with Gasteiger partial charge in [0.1, 0.15) is 0 Å². The monoisotopic (exact) mass is 313 g/mol. The minimum absolute atomic E-state index is 0.0876. The quantitative estimate of drug-likeness (QED) is 0.816. The highest BCUT2D eigenvalue weighted by Crippen LogP contribution is 2.19. The molecule has 118 valence electrons. The van der Waals surface area contributed by atoms with E-state index < -0.39 is 10.2 Å². The van der Waals surface area contributed by atoms with E-state index in [1.54, 1.807) is 4.90 Å². The third-order valence-electron chi connectivity index (χ3n) is 3.27. The Hall–Kier alpha value is -1.44. The Kier molecular flexibility index (Phi) is 6.32. The first-order valence-electron chi connectivity index (χ1n) is 6.75. The second-order valence-electron chi connectivity index (χ2n) is 4.98. The molecule has 0 saturated carbocycles. The molecule has 7 heteroatoms. The zero-order valence-corrected chi connectivity index (χ0v) is 13.7. The van der Waals surface area contributed by atoms with Gasteiger partial charge in [-0.25, -0.2) is 4.72 Å². The molecule has 0 fully saturated rings. The number of amides is 1. The molecule has 0 heterocycles. The summed E-state index contributed by atoms with van der Waals surface area (Å²) in [5.41, 5.74) is 1.02. The van der Waals surface area contributed by atoms with E-state index in [0.717, 1.165) is 9.87 Å². The van der Waals surface area contributed by atoms with E-state index in [2.05, 4.69) is 4.72 Å². The number of nitrogens with one attached hydrogen (secondary N) is 1. The minimum Gasteiger partial charge on any atom is -0.335 e. The zero-order chi connectivity index (χ0) is 16.0. The summed E-state index contributed by atoms with van der Waals surface area (Å²) in [6, 6.07) is 9.54. The molecule has 0 aromatic heterocycles. The fourth-order valence-electron chi connectivity index (χ4n) is 1.96. The smallest absolute Gasteiger partial charge is 0.278 e. The summed E-state index contributed by atoms with van der Waals surface area (Å²) in [4.78, 5) is 13.4. The lowest BCUT2D eigenvalue weighted by Gasteiger charge is -2.29. The second-order valence-corrected chi connectivity index (χ2v) is 6.95. The van der Waals surface area contributed by atoms with Crippen molar-refractivity contribution in [1.82, 2.24) is 13.9 Å². The summed E-state index contributed by atoms with van der Waals surface area (Å²) in [7, 11) is -0.552. The van der Waals surface area contributed by atoms with Gasteiger partial charge in [-0.05, 0) is 12.5 Å². The molecule has 0 aliphatic rings. The minimum atomic E-state index is -3.46. The highest BCUT2D eigenvalue weighted by Gasteiger charge is 2.19. The summed E-state index contributed by atoms with van der Waals surface area (Å²) in [6.07, 6.45) is 0. The van der Waals surface area contributed by atoms with Gasteiger partial charge < -0.3 is 4.90 Å². The summed E-state index contributed by atoms with van der Waals surface area (Å²) >= 11 is 0. The summed E-state index contributed by atoms with van der Waals surface area (Å²) < 4.78 is 26.8. The van der Waals surface area contributed by atoms with Gasteiger partial charge in [-0.1, -0.05) is 30.3 Å². The van der Waals surface area contributed by atoms with Crippen LogP contribution in [0, 0.1) is 0 Å². The fraction of sp³-hybridized carbons (Fsp3) is 0.500. The van der Waals surface area contributed by atoms with Crippen molar-refractivity contribution in [3.8, 4) is 0 Å². The first-order valence-corrected chi connectivity index (χ1v) is 8.19. The molecule has 0 radical (unpaired) electrons. The molecule has 1 rings (SSSR count). The van der Waals surface area contributed by atoms with Crippen LogP contribution in [0.15, 0.2) is 30.3 Å². The number of rotatable bonds is 7. The van der Waals surface area contributed by atoms with Gasteiger partial charge in [-0.2, -0.15) is 12.7 Å². The van der Waals surface area contributed by atoms with Crippen LogP contribution in [0.3, 0.4) is 0 Å². The SMILES string of the molecule is CC(=O)N(CCNS(=O)(=O)N(C)C)C(C)c1ccccc1. The number of hydrogen-bond acceptors (Lipinski definition) is 3. The summed E-state index contributed by atoms with van der Waals surface area (Å²) in [5, 5.41) is 0. The van der Waals surface area contributed by atoms with Crippen LogP contribution in [0.2, 0.25) is 0 Å². The maximum absolute atomic E-state index is 11.8. The molecule has 0 bridgehead atoms. The van der Waals surface area contributed by atoms with E-state index in [4.69, 9.17) is 0 Å². The van der Waals surface area contributed by atoms with Crippen LogP contribution in [0.5, 0.6) is 0 Å². The lowest BCUT2D eigenvalue weighted by atomic mass is 10.1. The van der Waals surface area contributed by atoms with Crippen molar-refractivity contribution in [3.05, 3.63) is 35.9 Å². The van der Waals surface area contributed by atoms with E-state index in [1.807, 2.05) is 37.3 Å². The lowest BCUT2D eigenvalue weighted by molar-refractivity contribution is -0.130. The van der Waals surface area contributed by atoms with Gasteiger partial charge in [-0.3, -0.25) is 4.79 Å². The molecule has 0 saturated heterocycles. The Labute approximate surface area is 126 Å². The Morgan fingerprint density at radius 1 is 1.24 bits per heavy atom. The molecule has 1 unspecified atom stereocenters. The molecule has 0 spiro atoms. The van der Waals surface area contributed by atoms with Gasteiger partial charge in [0.25, 0.3) is 10.2 Å². The Balaban J connectivity index is 2.70. The zero-order valence-electron chi connectivity index (χ0n) is 12.9. The Bertz CT molecular complexity index is 558. The fourth-order valence-corrected chi connectivity index (χ4v) is 2.57. The number of carbonyl (C=O) groups is 1. The molecular weight excluding hydrogens is 290 g/mol. The van der Waals surface area contributed by atoms with Crippen LogP contribution in [-0.2, 0) is 15.0 Å².